The first kappa shape index (κ1) is 12.1. The summed E-state index contributed by atoms with van der Waals surface area (Å²) in [4.78, 5) is 4.32. The summed E-state index contributed by atoms with van der Waals surface area (Å²) in [6, 6.07) is 8.91. The van der Waals surface area contributed by atoms with E-state index in [2.05, 4.69) is 34.7 Å². The largest absolute Gasteiger partial charge is 0.271 e. The number of nitrogens with two attached hydrogens (primary N) is 1. The van der Waals surface area contributed by atoms with Crippen molar-refractivity contribution in [1.29, 1.82) is 0 Å². The fourth-order valence-electron chi connectivity index (χ4n) is 5.65. The molecule has 3 fully saturated rings. The number of nitrogens with one attached hydrogen (secondary N) is 1. The molecule has 3 aliphatic carbocycles. The van der Waals surface area contributed by atoms with Gasteiger partial charge in [0.05, 0.1) is 6.04 Å². The van der Waals surface area contributed by atoms with Crippen LogP contribution < -0.4 is 11.3 Å². The van der Waals surface area contributed by atoms with Gasteiger partial charge in [-0.1, -0.05) is 18.2 Å². The van der Waals surface area contributed by atoms with Gasteiger partial charge < -0.3 is 0 Å². The maximum absolute atomic E-state index is 5.98. The Morgan fingerprint density at radius 3 is 2.71 bits per heavy atom. The normalized spacial score (nSPS) is 37.7. The molecule has 5 rings (SSSR count). The number of hydrogen-bond donors (Lipinski definition) is 2. The van der Waals surface area contributed by atoms with E-state index in [1.54, 1.807) is 0 Å². The monoisotopic (exact) mass is 279 g/mol. The second-order valence-electron chi connectivity index (χ2n) is 7.15. The van der Waals surface area contributed by atoms with Crippen molar-refractivity contribution >= 4 is 10.8 Å². The maximum Gasteiger partial charge on any atom is 0.0500 e. The molecule has 2 aromatic rings. The molecule has 0 spiro atoms. The Balaban J connectivity index is 1.56. The first-order valence-corrected chi connectivity index (χ1v) is 8.17. The van der Waals surface area contributed by atoms with E-state index in [0.717, 1.165) is 29.6 Å². The number of aromatic nitrogens is 1. The van der Waals surface area contributed by atoms with E-state index in [0.29, 0.717) is 0 Å². The number of benzene rings is 1. The highest BCUT2D eigenvalue weighted by Gasteiger charge is 2.66. The minimum atomic E-state index is 0.288. The summed E-state index contributed by atoms with van der Waals surface area (Å²) in [6.07, 6.45) is 8.25. The molecule has 5 unspecified atom stereocenters. The van der Waals surface area contributed by atoms with E-state index in [4.69, 9.17) is 5.84 Å². The van der Waals surface area contributed by atoms with Crippen molar-refractivity contribution in [3.05, 3.63) is 42.2 Å². The topological polar surface area (TPSA) is 50.9 Å². The second kappa shape index (κ2) is 4.28. The average molecular weight is 279 g/mol. The van der Waals surface area contributed by atoms with Gasteiger partial charge in [-0.2, -0.15) is 0 Å². The third kappa shape index (κ3) is 1.59. The summed E-state index contributed by atoms with van der Waals surface area (Å²) >= 11 is 0. The molecule has 3 heteroatoms. The second-order valence-corrected chi connectivity index (χ2v) is 7.15. The highest BCUT2D eigenvalue weighted by atomic mass is 15.2. The number of nitrogens with zero attached hydrogens (tertiary/aromatic N) is 1. The third-order valence-corrected chi connectivity index (χ3v) is 6.41. The van der Waals surface area contributed by atoms with Gasteiger partial charge in [-0.05, 0) is 65.9 Å². The maximum atomic E-state index is 5.98. The predicted octanol–water partition coefficient (Wildman–Crippen LogP) is 3.03. The number of hydrazine groups is 1. The summed E-state index contributed by atoms with van der Waals surface area (Å²) in [5.74, 6) is 10.5. The highest BCUT2D eigenvalue weighted by molar-refractivity contribution is 5.85. The van der Waals surface area contributed by atoms with Crippen LogP contribution in [0.15, 0.2) is 36.7 Å². The number of hydrogen-bond acceptors (Lipinski definition) is 3. The lowest BCUT2D eigenvalue weighted by molar-refractivity contribution is 0.375. The van der Waals surface area contributed by atoms with Gasteiger partial charge in [-0.25, -0.2) is 0 Å². The van der Waals surface area contributed by atoms with E-state index < -0.39 is 0 Å². The molecule has 3 aliphatic rings. The Morgan fingerprint density at radius 1 is 1.14 bits per heavy atom. The molecule has 2 bridgehead atoms. The van der Waals surface area contributed by atoms with E-state index in [9.17, 15) is 0 Å². The van der Waals surface area contributed by atoms with Crippen LogP contribution in [0.3, 0.4) is 0 Å². The minimum absolute atomic E-state index is 0.288. The lowest BCUT2D eigenvalue weighted by Gasteiger charge is -2.21. The molecule has 108 valence electrons. The molecule has 21 heavy (non-hydrogen) atoms. The molecule has 0 saturated heterocycles. The van der Waals surface area contributed by atoms with E-state index in [1.807, 2.05) is 12.4 Å². The molecule has 3 N–H and O–H groups in total. The van der Waals surface area contributed by atoms with Crippen LogP contribution >= 0.6 is 0 Å². The Labute approximate surface area is 124 Å². The first-order valence-electron chi connectivity index (χ1n) is 8.17. The van der Waals surface area contributed by atoms with Crippen LogP contribution in [0.5, 0.6) is 0 Å². The van der Waals surface area contributed by atoms with E-state index >= 15 is 0 Å². The number of pyridine rings is 1. The SMILES string of the molecule is NNC(c1cccc2ccncc12)C1C2C3CCC(C3)C21. The Hall–Kier alpha value is -1.45. The zero-order valence-electron chi connectivity index (χ0n) is 12.1. The van der Waals surface area contributed by atoms with Crippen molar-refractivity contribution in [3.63, 3.8) is 0 Å². The van der Waals surface area contributed by atoms with Crippen molar-refractivity contribution in [1.82, 2.24) is 10.4 Å². The summed E-state index contributed by atoms with van der Waals surface area (Å²) in [5.41, 5.74) is 4.48. The average Bonchev–Trinajstić information content (AvgIpc) is 2.94. The van der Waals surface area contributed by atoms with Crippen LogP contribution in [0.25, 0.3) is 10.8 Å². The van der Waals surface area contributed by atoms with Crippen LogP contribution in [-0.4, -0.2) is 4.98 Å². The quantitative estimate of drug-likeness (QED) is 0.670. The smallest absolute Gasteiger partial charge is 0.0500 e. The van der Waals surface area contributed by atoms with Crippen molar-refractivity contribution < 1.29 is 0 Å². The fraction of sp³-hybridized carbons (Fsp3) is 0.500. The zero-order chi connectivity index (χ0) is 14.0. The van der Waals surface area contributed by atoms with Crippen molar-refractivity contribution in [2.75, 3.05) is 0 Å². The molecule has 0 radical (unpaired) electrons. The van der Waals surface area contributed by atoms with Gasteiger partial charge in [0.2, 0.25) is 0 Å². The summed E-state index contributed by atoms with van der Waals surface area (Å²) in [7, 11) is 0. The molecule has 0 aliphatic heterocycles. The van der Waals surface area contributed by atoms with E-state index in [1.165, 1.54) is 35.6 Å². The number of rotatable bonds is 3. The van der Waals surface area contributed by atoms with Gasteiger partial charge in [-0.15, -0.1) is 0 Å². The molecule has 5 atom stereocenters. The molecular formula is C18H21N3. The van der Waals surface area contributed by atoms with Crippen LogP contribution in [0.2, 0.25) is 0 Å². The molecule has 1 aromatic heterocycles. The first-order chi connectivity index (χ1) is 10.4. The Bertz CT molecular complexity index is 676. The van der Waals surface area contributed by atoms with Crippen molar-refractivity contribution in [2.24, 2.45) is 35.4 Å². The van der Waals surface area contributed by atoms with Crippen molar-refractivity contribution in [2.45, 2.75) is 25.3 Å². The lowest BCUT2D eigenvalue weighted by atomic mass is 9.91. The Kier molecular flexibility index (Phi) is 2.47. The summed E-state index contributed by atoms with van der Waals surface area (Å²) < 4.78 is 0. The van der Waals surface area contributed by atoms with Gasteiger partial charge in [-0.3, -0.25) is 16.3 Å². The molecule has 1 aromatic carbocycles. The summed E-state index contributed by atoms with van der Waals surface area (Å²) in [5, 5.41) is 2.51. The van der Waals surface area contributed by atoms with Crippen LogP contribution in [0.1, 0.15) is 30.9 Å². The van der Waals surface area contributed by atoms with Gasteiger partial charge in [0.25, 0.3) is 0 Å². The van der Waals surface area contributed by atoms with E-state index in [-0.39, 0.29) is 6.04 Å². The fourth-order valence-corrected chi connectivity index (χ4v) is 5.65. The summed E-state index contributed by atoms with van der Waals surface area (Å²) in [6.45, 7) is 0. The third-order valence-electron chi connectivity index (χ3n) is 6.41. The van der Waals surface area contributed by atoms with Crippen molar-refractivity contribution in [3.8, 4) is 0 Å². The molecule has 3 saturated carbocycles. The van der Waals surface area contributed by atoms with Gasteiger partial charge >= 0.3 is 0 Å². The van der Waals surface area contributed by atoms with Gasteiger partial charge in [0.15, 0.2) is 0 Å². The highest BCUT2D eigenvalue weighted by Crippen LogP contribution is 2.72. The minimum Gasteiger partial charge on any atom is -0.271 e. The van der Waals surface area contributed by atoms with Gasteiger partial charge in [0.1, 0.15) is 0 Å². The predicted molar refractivity (Wildman–Crippen MR) is 83.1 cm³/mol. The van der Waals surface area contributed by atoms with Crippen LogP contribution in [0.4, 0.5) is 0 Å². The molecule has 1 heterocycles. The number of fused-ring (bicyclic) bond motifs is 6. The molecular weight excluding hydrogens is 258 g/mol. The molecule has 0 amide bonds. The Morgan fingerprint density at radius 2 is 1.95 bits per heavy atom. The standard InChI is InChI=1S/C18H21N3/c19-21-18(17-15-11-4-5-12(8-11)16(15)17)13-3-1-2-10-6-7-20-9-14(10)13/h1-3,6-7,9,11-12,15-18,21H,4-5,8,19H2. The molecule has 3 nitrogen and oxygen atoms in total. The zero-order valence-corrected chi connectivity index (χ0v) is 12.1. The van der Waals surface area contributed by atoms with Gasteiger partial charge in [0, 0.05) is 17.8 Å². The van der Waals surface area contributed by atoms with Crippen LogP contribution in [-0.2, 0) is 0 Å². The lowest BCUT2D eigenvalue weighted by Crippen LogP contribution is -2.31. The van der Waals surface area contributed by atoms with Crippen LogP contribution in [0, 0.1) is 29.6 Å².